The van der Waals surface area contributed by atoms with E-state index in [1.165, 1.54) is 4.31 Å². The average Bonchev–Trinajstić information content (AvgIpc) is 2.56. The zero-order chi connectivity index (χ0) is 19.3. The molecule has 146 valence electrons. The predicted molar refractivity (Wildman–Crippen MR) is 98.8 cm³/mol. The SMILES string of the molecule is Cc1cc(S(=O)(=O)N2CCC3(CC2)OCC[C@@](C)(O)[C@@H]3O)c(C)cc1Cl. The fourth-order valence-electron chi connectivity index (χ4n) is 3.94. The van der Waals surface area contributed by atoms with Crippen molar-refractivity contribution < 1.29 is 23.4 Å². The van der Waals surface area contributed by atoms with Crippen molar-refractivity contribution >= 4 is 21.6 Å². The number of aliphatic hydroxyl groups is 2. The van der Waals surface area contributed by atoms with E-state index in [-0.39, 0.29) is 18.0 Å². The lowest BCUT2D eigenvalue weighted by Crippen LogP contribution is -2.64. The molecule has 0 aliphatic carbocycles. The van der Waals surface area contributed by atoms with E-state index in [0.717, 1.165) is 0 Å². The summed E-state index contributed by atoms with van der Waals surface area (Å²) in [7, 11) is -3.66. The van der Waals surface area contributed by atoms with Crippen LogP contribution in [0, 0.1) is 13.8 Å². The molecule has 2 atom stereocenters. The van der Waals surface area contributed by atoms with Crippen molar-refractivity contribution in [1.82, 2.24) is 4.31 Å². The summed E-state index contributed by atoms with van der Waals surface area (Å²) in [5.74, 6) is 0. The summed E-state index contributed by atoms with van der Waals surface area (Å²) in [6.45, 7) is 5.93. The van der Waals surface area contributed by atoms with Gasteiger partial charge in [0.25, 0.3) is 0 Å². The van der Waals surface area contributed by atoms with Crippen LogP contribution < -0.4 is 0 Å². The van der Waals surface area contributed by atoms with Gasteiger partial charge in [0.2, 0.25) is 10.0 Å². The number of halogens is 1. The molecule has 0 radical (unpaired) electrons. The van der Waals surface area contributed by atoms with Gasteiger partial charge in [0.1, 0.15) is 6.10 Å². The summed E-state index contributed by atoms with van der Waals surface area (Å²) >= 11 is 6.09. The van der Waals surface area contributed by atoms with Gasteiger partial charge in [-0.25, -0.2) is 8.42 Å². The normalized spacial score (nSPS) is 29.8. The molecule has 0 saturated carbocycles. The maximum atomic E-state index is 13.1. The van der Waals surface area contributed by atoms with Gasteiger partial charge in [-0.05, 0) is 56.9 Å². The van der Waals surface area contributed by atoms with Crippen LogP contribution in [0.5, 0.6) is 0 Å². The number of hydrogen-bond donors (Lipinski definition) is 2. The Morgan fingerprint density at radius 1 is 1.19 bits per heavy atom. The highest BCUT2D eigenvalue weighted by atomic mass is 35.5. The summed E-state index contributed by atoms with van der Waals surface area (Å²) in [6, 6.07) is 3.27. The largest absolute Gasteiger partial charge is 0.387 e. The molecule has 2 N–H and O–H groups in total. The second kappa shape index (κ2) is 6.72. The molecule has 2 heterocycles. The number of benzene rings is 1. The quantitative estimate of drug-likeness (QED) is 0.788. The Morgan fingerprint density at radius 3 is 2.42 bits per heavy atom. The molecule has 2 saturated heterocycles. The molecule has 8 heteroatoms. The minimum absolute atomic E-state index is 0.233. The zero-order valence-corrected chi connectivity index (χ0v) is 16.9. The molecular weight excluding hydrogens is 378 g/mol. The van der Waals surface area contributed by atoms with Crippen LogP contribution in [0.3, 0.4) is 0 Å². The third-order valence-corrected chi connectivity index (χ3v) is 8.18. The molecule has 2 aliphatic heterocycles. The molecule has 2 aliphatic rings. The van der Waals surface area contributed by atoms with E-state index in [9.17, 15) is 18.6 Å². The molecule has 2 fully saturated rings. The van der Waals surface area contributed by atoms with Gasteiger partial charge in [-0.1, -0.05) is 11.6 Å². The third kappa shape index (κ3) is 3.30. The number of nitrogens with zero attached hydrogens (tertiary/aromatic N) is 1. The van der Waals surface area contributed by atoms with Gasteiger partial charge in [-0.3, -0.25) is 0 Å². The molecule has 3 rings (SSSR count). The van der Waals surface area contributed by atoms with Crippen molar-refractivity contribution in [1.29, 1.82) is 0 Å². The van der Waals surface area contributed by atoms with Gasteiger partial charge < -0.3 is 14.9 Å². The van der Waals surface area contributed by atoms with Gasteiger partial charge in [0, 0.05) is 24.5 Å². The van der Waals surface area contributed by atoms with E-state index < -0.39 is 27.3 Å². The van der Waals surface area contributed by atoms with Gasteiger partial charge in [0.05, 0.1) is 22.7 Å². The van der Waals surface area contributed by atoms with Crippen molar-refractivity contribution in [3.05, 3.63) is 28.3 Å². The molecule has 1 spiro atoms. The first-order chi connectivity index (χ1) is 12.0. The maximum absolute atomic E-state index is 13.1. The zero-order valence-electron chi connectivity index (χ0n) is 15.3. The van der Waals surface area contributed by atoms with Gasteiger partial charge in [0.15, 0.2) is 0 Å². The topological polar surface area (TPSA) is 87.1 Å². The first-order valence-electron chi connectivity index (χ1n) is 8.81. The predicted octanol–water partition coefficient (Wildman–Crippen LogP) is 2.01. The van der Waals surface area contributed by atoms with Crippen LogP contribution in [0.1, 0.15) is 37.3 Å². The number of piperidine rings is 1. The van der Waals surface area contributed by atoms with Crippen molar-refractivity contribution in [2.24, 2.45) is 0 Å². The van der Waals surface area contributed by atoms with E-state index in [2.05, 4.69) is 0 Å². The Hall–Kier alpha value is -0.700. The lowest BCUT2D eigenvalue weighted by atomic mass is 9.75. The van der Waals surface area contributed by atoms with Crippen LogP contribution in [-0.4, -0.2) is 59.9 Å². The number of hydrogen-bond acceptors (Lipinski definition) is 5. The van der Waals surface area contributed by atoms with E-state index in [0.29, 0.717) is 42.0 Å². The smallest absolute Gasteiger partial charge is 0.243 e. The van der Waals surface area contributed by atoms with Crippen molar-refractivity contribution in [2.45, 2.75) is 62.2 Å². The first kappa shape index (κ1) is 20.0. The summed E-state index contributed by atoms with van der Waals surface area (Å²) in [5.41, 5.74) is -0.786. The van der Waals surface area contributed by atoms with Gasteiger partial charge in [-0.2, -0.15) is 4.31 Å². The van der Waals surface area contributed by atoms with Crippen LogP contribution in [0.15, 0.2) is 17.0 Å². The first-order valence-corrected chi connectivity index (χ1v) is 10.6. The number of aliphatic hydroxyl groups excluding tert-OH is 1. The summed E-state index contributed by atoms with van der Waals surface area (Å²) < 4.78 is 33.4. The lowest BCUT2D eigenvalue weighted by Gasteiger charge is -2.51. The van der Waals surface area contributed by atoms with Crippen LogP contribution in [0.25, 0.3) is 0 Å². The molecule has 1 aromatic rings. The highest BCUT2D eigenvalue weighted by molar-refractivity contribution is 7.89. The van der Waals surface area contributed by atoms with Crippen molar-refractivity contribution in [2.75, 3.05) is 19.7 Å². The van der Waals surface area contributed by atoms with Crippen LogP contribution >= 0.6 is 11.6 Å². The van der Waals surface area contributed by atoms with Crippen LogP contribution in [-0.2, 0) is 14.8 Å². The summed E-state index contributed by atoms with van der Waals surface area (Å²) in [4.78, 5) is 0.257. The minimum Gasteiger partial charge on any atom is -0.387 e. The Kier molecular flexibility index (Phi) is 5.18. The van der Waals surface area contributed by atoms with Crippen molar-refractivity contribution in [3.8, 4) is 0 Å². The molecule has 0 unspecified atom stereocenters. The van der Waals surface area contributed by atoms with E-state index >= 15 is 0 Å². The summed E-state index contributed by atoms with van der Waals surface area (Å²) in [6.07, 6.45) is 0.0130. The van der Waals surface area contributed by atoms with E-state index in [1.807, 2.05) is 0 Å². The highest BCUT2D eigenvalue weighted by Crippen LogP contribution is 2.41. The number of sulfonamides is 1. The van der Waals surface area contributed by atoms with Crippen LogP contribution in [0.4, 0.5) is 0 Å². The average molecular weight is 404 g/mol. The fourth-order valence-corrected chi connectivity index (χ4v) is 5.89. The monoisotopic (exact) mass is 403 g/mol. The minimum atomic E-state index is -3.66. The molecule has 1 aromatic carbocycles. The van der Waals surface area contributed by atoms with E-state index in [4.69, 9.17) is 16.3 Å². The third-order valence-electron chi connectivity index (χ3n) is 5.73. The lowest BCUT2D eigenvalue weighted by molar-refractivity contribution is -0.243. The number of aryl methyl sites for hydroxylation is 2. The summed E-state index contributed by atoms with van der Waals surface area (Å²) in [5, 5.41) is 21.5. The standard InChI is InChI=1S/C18H26ClNO5S/c1-12-11-15(13(2)10-14(12)19)26(23,24)20-7-4-18(5-8-20)16(21)17(3,22)6-9-25-18/h10-11,16,21-22H,4-9H2,1-3H3/t16-,17+/m0/s1. The molecule has 0 aromatic heterocycles. The second-order valence-corrected chi connectivity index (χ2v) is 10.0. The fraction of sp³-hybridized carbons (Fsp3) is 0.667. The molecule has 0 amide bonds. The van der Waals surface area contributed by atoms with Crippen LogP contribution in [0.2, 0.25) is 5.02 Å². The molecule has 0 bridgehead atoms. The highest BCUT2D eigenvalue weighted by Gasteiger charge is 2.53. The van der Waals surface area contributed by atoms with Gasteiger partial charge >= 0.3 is 0 Å². The van der Waals surface area contributed by atoms with Crippen molar-refractivity contribution in [3.63, 3.8) is 0 Å². The van der Waals surface area contributed by atoms with E-state index in [1.54, 1.807) is 32.9 Å². The Morgan fingerprint density at radius 2 is 1.81 bits per heavy atom. The molecule has 6 nitrogen and oxygen atoms in total. The Bertz CT molecular complexity index is 800. The Balaban J connectivity index is 1.83. The molecular formula is C18H26ClNO5S. The maximum Gasteiger partial charge on any atom is 0.243 e. The molecule has 26 heavy (non-hydrogen) atoms. The Labute approximate surface area is 159 Å². The van der Waals surface area contributed by atoms with Gasteiger partial charge in [-0.15, -0.1) is 0 Å². The number of rotatable bonds is 2. The number of ether oxygens (including phenoxy) is 1. The second-order valence-electron chi connectivity index (χ2n) is 7.69.